The van der Waals surface area contributed by atoms with Crippen LogP contribution < -0.4 is 5.73 Å². The highest BCUT2D eigenvalue weighted by Crippen LogP contribution is 2.48. The van der Waals surface area contributed by atoms with Gasteiger partial charge in [0, 0.05) is 24.4 Å². The topological polar surface area (TPSA) is 43.8 Å². The summed E-state index contributed by atoms with van der Waals surface area (Å²) in [6, 6.07) is 10.4. The molecule has 2 aromatic rings. The molecule has 16 heavy (non-hydrogen) atoms. The Balaban J connectivity index is 2.12. The van der Waals surface area contributed by atoms with Crippen molar-refractivity contribution in [3.05, 3.63) is 48.3 Å². The highest BCUT2D eigenvalue weighted by molar-refractivity contribution is 5.48. The fourth-order valence-electron chi connectivity index (χ4n) is 2.27. The molecule has 2 N–H and O–H groups in total. The van der Waals surface area contributed by atoms with Gasteiger partial charge in [0.05, 0.1) is 5.69 Å². The summed E-state index contributed by atoms with van der Waals surface area (Å²) in [4.78, 5) is 0. The van der Waals surface area contributed by atoms with Gasteiger partial charge in [0.1, 0.15) is 0 Å². The van der Waals surface area contributed by atoms with Crippen LogP contribution in [-0.2, 0) is 5.41 Å². The second-order valence-corrected chi connectivity index (χ2v) is 4.45. The lowest BCUT2D eigenvalue weighted by molar-refractivity contribution is 0.690. The summed E-state index contributed by atoms with van der Waals surface area (Å²) < 4.78 is 1.92. The van der Waals surface area contributed by atoms with Gasteiger partial charge < -0.3 is 5.73 Å². The minimum Gasteiger partial charge on any atom is -0.330 e. The Morgan fingerprint density at radius 2 is 2.06 bits per heavy atom. The van der Waals surface area contributed by atoms with Crippen molar-refractivity contribution >= 4 is 0 Å². The fourth-order valence-corrected chi connectivity index (χ4v) is 2.27. The monoisotopic (exact) mass is 213 g/mol. The molecule has 1 aromatic carbocycles. The summed E-state index contributed by atoms with van der Waals surface area (Å²) in [6.45, 7) is 0.727. The van der Waals surface area contributed by atoms with E-state index in [0.29, 0.717) is 0 Å². The van der Waals surface area contributed by atoms with Crippen LogP contribution >= 0.6 is 0 Å². The molecular weight excluding hydrogens is 198 g/mol. The predicted molar refractivity (Wildman–Crippen MR) is 63.5 cm³/mol. The third-order valence-electron chi connectivity index (χ3n) is 3.47. The lowest BCUT2D eigenvalue weighted by atomic mass is 9.94. The van der Waals surface area contributed by atoms with Gasteiger partial charge >= 0.3 is 0 Å². The third kappa shape index (κ3) is 1.36. The van der Waals surface area contributed by atoms with E-state index in [-0.39, 0.29) is 5.41 Å². The van der Waals surface area contributed by atoms with Crippen molar-refractivity contribution in [2.24, 2.45) is 5.73 Å². The molecule has 1 heterocycles. The zero-order valence-electron chi connectivity index (χ0n) is 9.13. The number of rotatable bonds is 3. The maximum absolute atomic E-state index is 5.89. The van der Waals surface area contributed by atoms with Crippen LogP contribution in [0.3, 0.4) is 0 Å². The van der Waals surface area contributed by atoms with E-state index in [9.17, 15) is 0 Å². The summed E-state index contributed by atoms with van der Waals surface area (Å²) in [7, 11) is 0. The van der Waals surface area contributed by atoms with Crippen molar-refractivity contribution in [3.63, 3.8) is 0 Å². The van der Waals surface area contributed by atoms with Crippen molar-refractivity contribution in [3.8, 4) is 5.69 Å². The molecular formula is C13H15N3. The molecule has 0 aliphatic heterocycles. The molecule has 1 saturated carbocycles. The Morgan fingerprint density at radius 1 is 1.25 bits per heavy atom. The van der Waals surface area contributed by atoms with E-state index in [4.69, 9.17) is 5.73 Å². The summed E-state index contributed by atoms with van der Waals surface area (Å²) >= 11 is 0. The Kier molecular flexibility index (Phi) is 2.07. The Labute approximate surface area is 94.9 Å². The molecule has 0 spiro atoms. The molecule has 0 unspecified atom stereocenters. The number of benzene rings is 1. The molecule has 1 aromatic heterocycles. The van der Waals surface area contributed by atoms with E-state index < -0.39 is 0 Å². The van der Waals surface area contributed by atoms with Gasteiger partial charge in [0.15, 0.2) is 0 Å². The van der Waals surface area contributed by atoms with Crippen molar-refractivity contribution < 1.29 is 0 Å². The lowest BCUT2D eigenvalue weighted by Gasteiger charge is -2.17. The summed E-state index contributed by atoms with van der Waals surface area (Å²) in [5.41, 5.74) is 8.60. The second kappa shape index (κ2) is 3.46. The molecule has 0 atom stereocenters. The lowest BCUT2D eigenvalue weighted by Crippen LogP contribution is -2.21. The van der Waals surface area contributed by atoms with Crippen LogP contribution in [0.4, 0.5) is 0 Å². The van der Waals surface area contributed by atoms with Crippen LogP contribution in [0.1, 0.15) is 18.4 Å². The fraction of sp³-hybridized carbons (Fsp3) is 0.308. The van der Waals surface area contributed by atoms with Gasteiger partial charge in [-0.15, -0.1) is 0 Å². The first kappa shape index (κ1) is 9.60. The smallest absolute Gasteiger partial charge is 0.0683 e. The molecule has 1 aliphatic carbocycles. The number of hydrogen-bond acceptors (Lipinski definition) is 2. The number of nitrogens with zero attached hydrogens (tertiary/aromatic N) is 2. The van der Waals surface area contributed by atoms with Gasteiger partial charge in [-0.1, -0.05) is 18.2 Å². The maximum atomic E-state index is 5.89. The molecule has 82 valence electrons. The van der Waals surface area contributed by atoms with Crippen LogP contribution in [0.2, 0.25) is 0 Å². The Bertz CT molecular complexity index is 484. The Morgan fingerprint density at radius 3 is 2.69 bits per heavy atom. The minimum absolute atomic E-state index is 0.211. The van der Waals surface area contributed by atoms with Crippen molar-refractivity contribution in [1.82, 2.24) is 9.78 Å². The van der Waals surface area contributed by atoms with E-state index in [2.05, 4.69) is 23.3 Å². The third-order valence-corrected chi connectivity index (χ3v) is 3.47. The van der Waals surface area contributed by atoms with Gasteiger partial charge in [0.2, 0.25) is 0 Å². The SMILES string of the molecule is NCC1(c2ccccc2-n2cccn2)CC1. The number of nitrogens with two attached hydrogens (primary N) is 1. The molecule has 1 fully saturated rings. The standard InChI is InChI=1S/C13H15N3/c14-10-13(6-7-13)11-4-1-2-5-12(11)16-9-3-8-15-16/h1-5,8-9H,6-7,10,14H2. The van der Waals surface area contributed by atoms with E-state index in [0.717, 1.165) is 12.2 Å². The number of para-hydroxylation sites is 1. The van der Waals surface area contributed by atoms with Gasteiger partial charge in [-0.25, -0.2) is 4.68 Å². The van der Waals surface area contributed by atoms with Crippen LogP contribution in [0.15, 0.2) is 42.7 Å². The summed E-state index contributed by atoms with van der Waals surface area (Å²) in [5.74, 6) is 0. The van der Waals surface area contributed by atoms with Gasteiger partial charge in [-0.05, 0) is 30.5 Å². The number of aromatic nitrogens is 2. The molecule has 1 aliphatic rings. The molecule has 3 heteroatoms. The van der Waals surface area contributed by atoms with Crippen molar-refractivity contribution in [1.29, 1.82) is 0 Å². The quantitative estimate of drug-likeness (QED) is 0.845. The zero-order chi connectivity index (χ0) is 11.0. The molecule has 0 amide bonds. The van der Waals surface area contributed by atoms with Crippen LogP contribution in [0, 0.1) is 0 Å². The number of hydrogen-bond donors (Lipinski definition) is 1. The molecule has 0 radical (unpaired) electrons. The highest BCUT2D eigenvalue weighted by atomic mass is 15.3. The van der Waals surface area contributed by atoms with Crippen LogP contribution in [0.25, 0.3) is 5.69 Å². The summed E-state index contributed by atoms with van der Waals surface area (Å²) in [5, 5.41) is 4.30. The Hall–Kier alpha value is -1.61. The highest BCUT2D eigenvalue weighted by Gasteiger charge is 2.44. The van der Waals surface area contributed by atoms with Gasteiger partial charge in [-0.3, -0.25) is 0 Å². The average Bonchev–Trinajstić information content (AvgIpc) is 2.95. The van der Waals surface area contributed by atoms with E-state index in [1.807, 2.05) is 23.0 Å². The summed E-state index contributed by atoms with van der Waals surface area (Å²) in [6.07, 6.45) is 6.17. The molecule has 3 rings (SSSR count). The van der Waals surface area contributed by atoms with Gasteiger partial charge in [-0.2, -0.15) is 5.10 Å². The van der Waals surface area contributed by atoms with Gasteiger partial charge in [0.25, 0.3) is 0 Å². The zero-order valence-corrected chi connectivity index (χ0v) is 9.13. The first-order chi connectivity index (χ1) is 7.86. The van der Waals surface area contributed by atoms with Crippen LogP contribution in [-0.4, -0.2) is 16.3 Å². The van der Waals surface area contributed by atoms with Crippen molar-refractivity contribution in [2.75, 3.05) is 6.54 Å². The first-order valence-corrected chi connectivity index (χ1v) is 5.65. The average molecular weight is 213 g/mol. The minimum atomic E-state index is 0.211. The normalized spacial score (nSPS) is 17.3. The van der Waals surface area contributed by atoms with E-state index in [1.54, 1.807) is 6.20 Å². The molecule has 3 nitrogen and oxygen atoms in total. The molecule has 0 bridgehead atoms. The predicted octanol–water partition coefficient (Wildman–Crippen LogP) is 1.86. The van der Waals surface area contributed by atoms with Crippen LogP contribution in [0.5, 0.6) is 0 Å². The van der Waals surface area contributed by atoms with Crippen molar-refractivity contribution in [2.45, 2.75) is 18.3 Å². The molecule has 0 saturated heterocycles. The largest absolute Gasteiger partial charge is 0.330 e. The second-order valence-electron chi connectivity index (χ2n) is 4.45. The van der Waals surface area contributed by atoms with E-state index >= 15 is 0 Å². The van der Waals surface area contributed by atoms with E-state index in [1.165, 1.54) is 18.4 Å². The maximum Gasteiger partial charge on any atom is 0.0683 e. The first-order valence-electron chi connectivity index (χ1n) is 5.65.